The van der Waals surface area contributed by atoms with Gasteiger partial charge < -0.3 is 10.1 Å². The summed E-state index contributed by atoms with van der Waals surface area (Å²) in [6, 6.07) is 20.7. The van der Waals surface area contributed by atoms with Crippen molar-refractivity contribution in [3.8, 4) is 0 Å². The first-order chi connectivity index (χ1) is 16.0. The number of nitrogens with zero attached hydrogens (tertiary/aromatic N) is 1. The van der Waals surface area contributed by atoms with Crippen molar-refractivity contribution in [1.29, 1.82) is 0 Å². The Morgan fingerprint density at radius 3 is 2.24 bits per heavy atom. The summed E-state index contributed by atoms with van der Waals surface area (Å²) in [4.78, 5) is 51.1. The number of imide groups is 1. The van der Waals surface area contributed by atoms with Crippen LogP contribution in [0.5, 0.6) is 0 Å². The number of nitrogens with one attached hydrogen (secondary N) is 1. The zero-order valence-electron chi connectivity index (χ0n) is 18.0. The Hall–Kier alpha value is -4.26. The van der Waals surface area contributed by atoms with E-state index in [4.69, 9.17) is 4.74 Å². The zero-order valence-corrected chi connectivity index (χ0v) is 18.0. The van der Waals surface area contributed by atoms with Crippen LogP contribution in [0.2, 0.25) is 0 Å². The third-order valence-corrected chi connectivity index (χ3v) is 5.37. The van der Waals surface area contributed by atoms with Crippen molar-refractivity contribution in [2.45, 2.75) is 19.9 Å². The summed E-state index contributed by atoms with van der Waals surface area (Å²) in [5.74, 6) is -2.11. The smallest absolute Gasteiger partial charge is 0.338 e. The summed E-state index contributed by atoms with van der Waals surface area (Å²) in [6.07, 6.45) is 0.894. The Bertz CT molecular complexity index is 1220. The molecule has 3 aromatic carbocycles. The Morgan fingerprint density at radius 1 is 0.848 bits per heavy atom. The van der Waals surface area contributed by atoms with Crippen molar-refractivity contribution in [3.05, 3.63) is 101 Å². The summed E-state index contributed by atoms with van der Waals surface area (Å²) in [7, 11) is 0. The summed E-state index contributed by atoms with van der Waals surface area (Å²) < 4.78 is 5.09. The number of hydrogen-bond acceptors (Lipinski definition) is 5. The summed E-state index contributed by atoms with van der Waals surface area (Å²) in [5, 5.41) is 2.66. The maximum absolute atomic E-state index is 12.8. The number of rotatable bonds is 7. The van der Waals surface area contributed by atoms with Crippen LogP contribution >= 0.6 is 0 Å². The molecule has 1 heterocycles. The van der Waals surface area contributed by atoms with Gasteiger partial charge in [0.05, 0.1) is 23.2 Å². The number of carbonyl (C=O) groups is 4. The number of ether oxygens (including phenoxy) is 1. The molecule has 0 fully saturated rings. The number of hydrogen-bond donors (Lipinski definition) is 1. The van der Waals surface area contributed by atoms with Gasteiger partial charge in [-0.05, 0) is 47.9 Å². The van der Waals surface area contributed by atoms with Crippen LogP contribution in [0.3, 0.4) is 0 Å². The lowest BCUT2D eigenvalue weighted by Gasteiger charge is -2.13. The molecular formula is C26H22N2O5. The summed E-state index contributed by atoms with van der Waals surface area (Å²) >= 11 is 0. The van der Waals surface area contributed by atoms with Crippen LogP contribution in [0, 0.1) is 0 Å². The Balaban J connectivity index is 1.38. The molecule has 0 aliphatic carbocycles. The molecule has 0 radical (unpaired) electrons. The lowest BCUT2D eigenvalue weighted by atomic mass is 10.1. The highest BCUT2D eigenvalue weighted by atomic mass is 16.5. The molecule has 0 saturated heterocycles. The molecule has 0 bridgehead atoms. The third-order valence-electron chi connectivity index (χ3n) is 5.37. The monoisotopic (exact) mass is 442 g/mol. The lowest BCUT2D eigenvalue weighted by molar-refractivity contribution is -0.119. The summed E-state index contributed by atoms with van der Waals surface area (Å²) in [6.45, 7) is 1.71. The molecule has 4 rings (SSSR count). The Morgan fingerprint density at radius 2 is 1.55 bits per heavy atom. The van der Waals surface area contributed by atoms with Crippen LogP contribution in [0.25, 0.3) is 0 Å². The molecule has 0 unspecified atom stereocenters. The fraction of sp³-hybridized carbons (Fsp3) is 0.154. The number of esters is 1. The Labute approximate surface area is 191 Å². The first-order valence-corrected chi connectivity index (χ1v) is 10.6. The van der Waals surface area contributed by atoms with Crippen molar-refractivity contribution >= 4 is 29.4 Å². The highest BCUT2D eigenvalue weighted by Crippen LogP contribution is 2.26. The fourth-order valence-electron chi connectivity index (χ4n) is 3.56. The van der Waals surface area contributed by atoms with Gasteiger partial charge in [-0.1, -0.05) is 49.4 Å². The molecule has 7 heteroatoms. The van der Waals surface area contributed by atoms with E-state index < -0.39 is 30.3 Å². The molecule has 1 N–H and O–H groups in total. The zero-order chi connectivity index (χ0) is 23.4. The highest BCUT2D eigenvalue weighted by Gasteiger charge is 2.36. The van der Waals surface area contributed by atoms with Gasteiger partial charge in [0.25, 0.3) is 17.7 Å². The molecule has 0 aromatic heterocycles. The SMILES string of the molecule is CCc1ccc(NC(=O)COC(=O)c2ccc3c(c2)C(=O)N(Cc2ccccc2)C3=O)cc1. The fourth-order valence-corrected chi connectivity index (χ4v) is 3.56. The van der Waals surface area contributed by atoms with Gasteiger partial charge in [0, 0.05) is 5.69 Å². The van der Waals surface area contributed by atoms with Gasteiger partial charge >= 0.3 is 5.97 Å². The minimum Gasteiger partial charge on any atom is -0.452 e. The Kier molecular flexibility index (Phi) is 6.31. The van der Waals surface area contributed by atoms with Crippen LogP contribution in [-0.2, 0) is 22.5 Å². The molecule has 3 aromatic rings. The minimum atomic E-state index is -0.754. The summed E-state index contributed by atoms with van der Waals surface area (Å²) in [5.41, 5.74) is 3.05. The first kappa shape index (κ1) is 22.0. The lowest BCUT2D eigenvalue weighted by Crippen LogP contribution is -2.29. The maximum Gasteiger partial charge on any atom is 0.338 e. The number of benzene rings is 3. The predicted octanol–water partition coefficient (Wildman–Crippen LogP) is 3.84. The average molecular weight is 442 g/mol. The topological polar surface area (TPSA) is 92.8 Å². The van der Waals surface area contributed by atoms with E-state index in [1.165, 1.54) is 18.2 Å². The second kappa shape index (κ2) is 9.48. The standard InChI is InChI=1S/C26H22N2O5/c1-2-17-8-11-20(12-9-17)27-23(29)16-33-26(32)19-10-13-21-22(14-19)25(31)28(24(21)30)15-18-6-4-3-5-7-18/h3-14H,2,15-16H2,1H3,(H,27,29). The number of carbonyl (C=O) groups excluding carboxylic acids is 4. The van der Waals surface area contributed by atoms with Crippen molar-refractivity contribution in [2.24, 2.45) is 0 Å². The van der Waals surface area contributed by atoms with E-state index >= 15 is 0 Å². The molecular weight excluding hydrogens is 420 g/mol. The van der Waals surface area contributed by atoms with Crippen molar-refractivity contribution < 1.29 is 23.9 Å². The van der Waals surface area contributed by atoms with Crippen LogP contribution < -0.4 is 5.32 Å². The van der Waals surface area contributed by atoms with Crippen LogP contribution in [0.4, 0.5) is 5.69 Å². The maximum atomic E-state index is 12.8. The van der Waals surface area contributed by atoms with E-state index in [0.717, 1.165) is 22.4 Å². The number of aryl methyl sites for hydroxylation is 1. The van der Waals surface area contributed by atoms with Crippen molar-refractivity contribution in [1.82, 2.24) is 4.90 Å². The molecule has 3 amide bonds. The van der Waals surface area contributed by atoms with Crippen LogP contribution in [0.1, 0.15) is 49.1 Å². The molecule has 0 atom stereocenters. The van der Waals surface area contributed by atoms with Crippen molar-refractivity contribution in [3.63, 3.8) is 0 Å². The molecule has 166 valence electrons. The molecule has 1 aliphatic rings. The van der Waals surface area contributed by atoms with E-state index in [1.54, 1.807) is 12.1 Å². The van der Waals surface area contributed by atoms with Gasteiger partial charge in [-0.15, -0.1) is 0 Å². The van der Waals surface area contributed by atoms with Gasteiger partial charge in [-0.3, -0.25) is 19.3 Å². The van der Waals surface area contributed by atoms with Gasteiger partial charge in [0.2, 0.25) is 0 Å². The number of amides is 3. The second-order valence-electron chi connectivity index (χ2n) is 7.62. The van der Waals surface area contributed by atoms with Gasteiger partial charge in [0.15, 0.2) is 6.61 Å². The van der Waals surface area contributed by atoms with Gasteiger partial charge in [0.1, 0.15) is 0 Å². The highest BCUT2D eigenvalue weighted by molar-refractivity contribution is 6.21. The van der Waals surface area contributed by atoms with Gasteiger partial charge in [-0.2, -0.15) is 0 Å². The molecule has 33 heavy (non-hydrogen) atoms. The first-order valence-electron chi connectivity index (χ1n) is 10.6. The van der Waals surface area contributed by atoms with Gasteiger partial charge in [-0.25, -0.2) is 4.79 Å². The average Bonchev–Trinajstić information content (AvgIpc) is 3.08. The largest absolute Gasteiger partial charge is 0.452 e. The minimum absolute atomic E-state index is 0.0940. The van der Waals surface area contributed by atoms with Crippen LogP contribution in [-0.4, -0.2) is 35.2 Å². The quantitative estimate of drug-likeness (QED) is 0.443. The normalized spacial score (nSPS) is 12.5. The van der Waals surface area contributed by atoms with E-state index in [2.05, 4.69) is 5.32 Å². The predicted molar refractivity (Wildman–Crippen MR) is 122 cm³/mol. The molecule has 0 spiro atoms. The second-order valence-corrected chi connectivity index (χ2v) is 7.62. The third kappa shape index (κ3) is 4.82. The molecule has 0 saturated carbocycles. The van der Waals surface area contributed by atoms with Crippen LogP contribution in [0.15, 0.2) is 72.8 Å². The van der Waals surface area contributed by atoms with E-state index in [9.17, 15) is 19.2 Å². The van der Waals surface area contributed by atoms with E-state index in [-0.39, 0.29) is 23.2 Å². The molecule has 1 aliphatic heterocycles. The van der Waals surface area contributed by atoms with Crippen molar-refractivity contribution in [2.75, 3.05) is 11.9 Å². The number of fused-ring (bicyclic) bond motifs is 1. The van der Waals surface area contributed by atoms with E-state index in [1.807, 2.05) is 49.4 Å². The van der Waals surface area contributed by atoms with E-state index in [0.29, 0.717) is 5.69 Å². The number of anilines is 1. The molecule has 7 nitrogen and oxygen atoms in total.